The molecule has 0 atom stereocenters. The van der Waals surface area contributed by atoms with Crippen LogP contribution in [0.3, 0.4) is 0 Å². The zero-order chi connectivity index (χ0) is 11.9. The average molecular weight is 227 g/mol. The maximum absolute atomic E-state index is 5.77. The van der Waals surface area contributed by atoms with Gasteiger partial charge in [-0.1, -0.05) is 35.9 Å². The van der Waals surface area contributed by atoms with Crippen molar-refractivity contribution in [3.8, 4) is 5.75 Å². The number of para-hydroxylation sites is 1. The van der Waals surface area contributed by atoms with Crippen molar-refractivity contribution in [2.45, 2.75) is 12.8 Å². The monoisotopic (exact) mass is 227 g/mol. The normalized spacial score (nSPS) is 14.9. The van der Waals surface area contributed by atoms with Crippen molar-refractivity contribution in [3.63, 3.8) is 0 Å². The summed E-state index contributed by atoms with van der Waals surface area (Å²) in [6.07, 6.45) is 10.2. The highest BCUT2D eigenvalue weighted by Gasteiger charge is 2.00. The summed E-state index contributed by atoms with van der Waals surface area (Å²) >= 11 is 0. The Morgan fingerprint density at radius 1 is 1.06 bits per heavy atom. The summed E-state index contributed by atoms with van der Waals surface area (Å²) in [5, 5.41) is 0. The fourth-order valence-corrected chi connectivity index (χ4v) is 1.70. The van der Waals surface area contributed by atoms with Gasteiger partial charge in [0.2, 0.25) is 0 Å². The fourth-order valence-electron chi connectivity index (χ4n) is 1.70. The molecule has 2 rings (SSSR count). The predicted molar refractivity (Wildman–Crippen MR) is 70.7 cm³/mol. The molecule has 17 heavy (non-hydrogen) atoms. The largest absolute Gasteiger partial charge is 0.458 e. The van der Waals surface area contributed by atoms with Crippen LogP contribution in [0, 0.1) is 0 Å². The Labute approximate surface area is 102 Å². The second-order valence-corrected chi connectivity index (χ2v) is 3.91. The number of allylic oxidation sites excluding steroid dienone is 4. The maximum Gasteiger partial charge on any atom is 0.127 e. The first kappa shape index (κ1) is 11.7. The van der Waals surface area contributed by atoms with E-state index in [1.165, 1.54) is 5.57 Å². The summed E-state index contributed by atoms with van der Waals surface area (Å²) in [4.78, 5) is 0. The first-order chi connectivity index (χ1) is 8.38. The minimum absolute atomic E-state index is 0.686. The zero-order valence-corrected chi connectivity index (χ0v) is 9.80. The van der Waals surface area contributed by atoms with Gasteiger partial charge in [-0.05, 0) is 43.7 Å². The minimum Gasteiger partial charge on any atom is -0.458 e. The Morgan fingerprint density at radius 3 is 2.65 bits per heavy atom. The van der Waals surface area contributed by atoms with Gasteiger partial charge in [-0.3, -0.25) is 0 Å². The van der Waals surface area contributed by atoms with Gasteiger partial charge in [-0.25, -0.2) is 0 Å². The van der Waals surface area contributed by atoms with E-state index in [9.17, 15) is 0 Å². The molecule has 2 heteroatoms. The van der Waals surface area contributed by atoms with E-state index in [0.29, 0.717) is 6.54 Å². The standard InChI is InChI=1S/C15H17NO/c16-12-11-13-5-4-8-15(10-9-13)17-14-6-2-1-3-7-14/h1-3,5-10H,4,11-12,16H2. The molecule has 0 saturated heterocycles. The number of rotatable bonds is 4. The van der Waals surface area contributed by atoms with Crippen molar-refractivity contribution in [1.29, 1.82) is 0 Å². The molecule has 0 amide bonds. The molecular weight excluding hydrogens is 210 g/mol. The van der Waals surface area contributed by atoms with Gasteiger partial charge >= 0.3 is 0 Å². The molecule has 1 aliphatic carbocycles. The molecule has 88 valence electrons. The van der Waals surface area contributed by atoms with Crippen molar-refractivity contribution >= 4 is 0 Å². The highest BCUT2D eigenvalue weighted by molar-refractivity contribution is 5.33. The molecule has 0 unspecified atom stereocenters. The Kier molecular flexibility index (Phi) is 4.17. The number of hydrogen-bond acceptors (Lipinski definition) is 2. The molecule has 1 aromatic rings. The van der Waals surface area contributed by atoms with Crippen LogP contribution >= 0.6 is 0 Å². The minimum atomic E-state index is 0.686. The lowest BCUT2D eigenvalue weighted by molar-refractivity contribution is 0.443. The predicted octanol–water partition coefficient (Wildman–Crippen LogP) is 3.18. The molecule has 0 fully saturated rings. The Bertz CT molecular complexity index is 443. The van der Waals surface area contributed by atoms with Crippen molar-refractivity contribution < 1.29 is 4.74 Å². The molecule has 0 aromatic heterocycles. The van der Waals surface area contributed by atoms with Crippen LogP contribution in [-0.4, -0.2) is 6.54 Å². The van der Waals surface area contributed by atoms with Gasteiger partial charge in [0.05, 0.1) is 0 Å². The molecular formula is C15H17NO. The topological polar surface area (TPSA) is 35.2 Å². The van der Waals surface area contributed by atoms with Crippen molar-refractivity contribution in [2.24, 2.45) is 5.73 Å². The van der Waals surface area contributed by atoms with E-state index >= 15 is 0 Å². The maximum atomic E-state index is 5.77. The number of benzene rings is 1. The number of nitrogens with two attached hydrogens (primary N) is 1. The molecule has 1 aliphatic rings. The highest BCUT2D eigenvalue weighted by atomic mass is 16.5. The third-order valence-corrected chi connectivity index (χ3v) is 2.57. The average Bonchev–Trinajstić information content (AvgIpc) is 2.57. The Hall–Kier alpha value is -1.80. The van der Waals surface area contributed by atoms with E-state index in [4.69, 9.17) is 10.5 Å². The van der Waals surface area contributed by atoms with Crippen LogP contribution in [0.4, 0.5) is 0 Å². The van der Waals surface area contributed by atoms with Gasteiger partial charge in [0.15, 0.2) is 0 Å². The van der Waals surface area contributed by atoms with E-state index < -0.39 is 0 Å². The second kappa shape index (κ2) is 6.06. The lowest BCUT2D eigenvalue weighted by Crippen LogP contribution is -1.98. The first-order valence-corrected chi connectivity index (χ1v) is 5.89. The van der Waals surface area contributed by atoms with Gasteiger partial charge in [-0.15, -0.1) is 0 Å². The van der Waals surface area contributed by atoms with Crippen LogP contribution in [0.2, 0.25) is 0 Å². The Balaban J connectivity index is 2.01. The molecule has 0 radical (unpaired) electrons. The van der Waals surface area contributed by atoms with E-state index in [0.717, 1.165) is 24.4 Å². The van der Waals surface area contributed by atoms with E-state index in [-0.39, 0.29) is 0 Å². The molecule has 0 spiro atoms. The van der Waals surface area contributed by atoms with Crippen molar-refractivity contribution in [2.75, 3.05) is 6.54 Å². The SMILES string of the molecule is NCCC1=CCC=C(Oc2ccccc2)C=C1. The quantitative estimate of drug-likeness (QED) is 0.857. The number of ether oxygens (including phenoxy) is 1. The zero-order valence-electron chi connectivity index (χ0n) is 9.80. The van der Waals surface area contributed by atoms with E-state index in [1.54, 1.807) is 0 Å². The second-order valence-electron chi connectivity index (χ2n) is 3.91. The summed E-state index contributed by atoms with van der Waals surface area (Å²) in [6, 6.07) is 9.81. The molecule has 2 nitrogen and oxygen atoms in total. The van der Waals surface area contributed by atoms with Gasteiger partial charge in [0.1, 0.15) is 11.5 Å². The molecule has 2 N–H and O–H groups in total. The van der Waals surface area contributed by atoms with Crippen molar-refractivity contribution in [1.82, 2.24) is 0 Å². The molecule has 0 heterocycles. The van der Waals surface area contributed by atoms with Crippen molar-refractivity contribution in [3.05, 3.63) is 66.0 Å². The van der Waals surface area contributed by atoms with Crippen LogP contribution in [-0.2, 0) is 0 Å². The van der Waals surface area contributed by atoms with E-state index in [2.05, 4.69) is 18.2 Å². The molecule has 0 bridgehead atoms. The highest BCUT2D eigenvalue weighted by Crippen LogP contribution is 2.17. The number of hydrogen-bond donors (Lipinski definition) is 1. The van der Waals surface area contributed by atoms with Gasteiger partial charge in [0.25, 0.3) is 0 Å². The fraction of sp³-hybridized carbons (Fsp3) is 0.200. The van der Waals surface area contributed by atoms with Crippen LogP contribution in [0.25, 0.3) is 0 Å². The van der Waals surface area contributed by atoms with Gasteiger partial charge < -0.3 is 10.5 Å². The van der Waals surface area contributed by atoms with Gasteiger partial charge in [-0.2, -0.15) is 0 Å². The molecule has 1 aromatic carbocycles. The van der Waals surface area contributed by atoms with Gasteiger partial charge in [0, 0.05) is 0 Å². The first-order valence-electron chi connectivity index (χ1n) is 5.89. The summed E-state index contributed by atoms with van der Waals surface area (Å²) < 4.78 is 5.77. The van der Waals surface area contributed by atoms with Crippen LogP contribution in [0.5, 0.6) is 5.75 Å². The smallest absolute Gasteiger partial charge is 0.127 e. The Morgan fingerprint density at radius 2 is 1.88 bits per heavy atom. The van der Waals surface area contributed by atoms with Crippen LogP contribution in [0.15, 0.2) is 66.0 Å². The molecule has 0 saturated carbocycles. The summed E-state index contributed by atoms with van der Waals surface area (Å²) in [7, 11) is 0. The van der Waals surface area contributed by atoms with Crippen LogP contribution < -0.4 is 10.5 Å². The third kappa shape index (κ3) is 3.61. The van der Waals surface area contributed by atoms with E-state index in [1.807, 2.05) is 36.4 Å². The summed E-state index contributed by atoms with van der Waals surface area (Å²) in [5.74, 6) is 1.75. The van der Waals surface area contributed by atoms with Crippen LogP contribution in [0.1, 0.15) is 12.8 Å². The molecule has 0 aliphatic heterocycles. The lowest BCUT2D eigenvalue weighted by atomic mass is 10.1. The third-order valence-electron chi connectivity index (χ3n) is 2.57. The summed E-state index contributed by atoms with van der Waals surface area (Å²) in [5.41, 5.74) is 6.82. The lowest BCUT2D eigenvalue weighted by Gasteiger charge is -2.05. The summed E-state index contributed by atoms with van der Waals surface area (Å²) in [6.45, 7) is 0.686.